The average Bonchev–Trinajstić information content (AvgIpc) is 2.71. The van der Waals surface area contributed by atoms with Crippen LogP contribution < -0.4 is 5.73 Å². The summed E-state index contributed by atoms with van der Waals surface area (Å²) in [6.45, 7) is 5.48. The smallest absolute Gasteiger partial charge is 0.0576 e. The van der Waals surface area contributed by atoms with Gasteiger partial charge in [0, 0.05) is 12.6 Å². The van der Waals surface area contributed by atoms with Crippen LogP contribution in [0, 0.1) is 5.92 Å². The molecule has 90 valence electrons. The largest absolute Gasteiger partial charge is 0.378 e. The van der Waals surface area contributed by atoms with Crippen LogP contribution in [0.1, 0.15) is 58.8 Å². The summed E-state index contributed by atoms with van der Waals surface area (Å²) < 4.78 is 5.60. The monoisotopic (exact) mass is 213 g/mol. The van der Waals surface area contributed by atoms with Crippen molar-refractivity contribution in [3.8, 4) is 0 Å². The molecule has 0 amide bonds. The summed E-state index contributed by atoms with van der Waals surface area (Å²) in [5.74, 6) is 0.680. The predicted molar refractivity (Wildman–Crippen MR) is 64.9 cm³/mol. The van der Waals surface area contributed by atoms with Crippen molar-refractivity contribution in [3.63, 3.8) is 0 Å². The van der Waals surface area contributed by atoms with E-state index in [0.717, 1.165) is 6.61 Å². The summed E-state index contributed by atoms with van der Waals surface area (Å²) in [5.41, 5.74) is 6.15. The fraction of sp³-hybridized carbons (Fsp3) is 1.00. The maximum atomic E-state index is 6.15. The van der Waals surface area contributed by atoms with Gasteiger partial charge in [-0.25, -0.2) is 0 Å². The second kappa shape index (κ2) is 7.24. The Bertz CT molecular complexity index is 155. The molecule has 0 aromatic heterocycles. The molecule has 1 aliphatic rings. The van der Waals surface area contributed by atoms with Gasteiger partial charge in [-0.05, 0) is 44.4 Å². The van der Waals surface area contributed by atoms with Gasteiger partial charge in [0.1, 0.15) is 0 Å². The van der Waals surface area contributed by atoms with Crippen molar-refractivity contribution in [2.75, 3.05) is 6.61 Å². The highest BCUT2D eigenvalue weighted by atomic mass is 16.5. The van der Waals surface area contributed by atoms with Gasteiger partial charge in [0.05, 0.1) is 6.10 Å². The Morgan fingerprint density at radius 1 is 1.40 bits per heavy atom. The summed E-state index contributed by atoms with van der Waals surface area (Å²) in [6.07, 6.45) is 9.19. The van der Waals surface area contributed by atoms with E-state index in [1.54, 1.807) is 0 Å². The van der Waals surface area contributed by atoms with Gasteiger partial charge in [0.15, 0.2) is 0 Å². The lowest BCUT2D eigenvalue weighted by molar-refractivity contribution is 0.101. The van der Waals surface area contributed by atoms with E-state index < -0.39 is 0 Å². The van der Waals surface area contributed by atoms with E-state index in [2.05, 4.69) is 13.8 Å². The number of hydrogen-bond donors (Lipinski definition) is 1. The molecule has 1 fully saturated rings. The summed E-state index contributed by atoms with van der Waals surface area (Å²) in [5, 5.41) is 0. The number of hydrogen-bond acceptors (Lipinski definition) is 2. The first-order valence-electron chi connectivity index (χ1n) is 6.61. The molecule has 1 saturated heterocycles. The van der Waals surface area contributed by atoms with E-state index in [9.17, 15) is 0 Å². The standard InChI is InChI=1S/C13H27NO/c1-3-6-11(2)13(14)9-4-7-12-8-5-10-15-12/h11-13H,3-10,14H2,1-2H3. The molecule has 0 radical (unpaired) electrons. The van der Waals surface area contributed by atoms with E-state index in [-0.39, 0.29) is 0 Å². The molecule has 0 bridgehead atoms. The molecular weight excluding hydrogens is 186 g/mol. The molecule has 2 nitrogen and oxygen atoms in total. The van der Waals surface area contributed by atoms with Crippen LogP contribution >= 0.6 is 0 Å². The molecule has 1 rings (SSSR count). The molecule has 0 saturated carbocycles. The van der Waals surface area contributed by atoms with Crippen LogP contribution in [0.4, 0.5) is 0 Å². The fourth-order valence-electron chi connectivity index (χ4n) is 2.41. The molecule has 3 unspecified atom stereocenters. The summed E-state index contributed by atoms with van der Waals surface area (Å²) in [7, 11) is 0. The molecule has 0 aliphatic carbocycles. The van der Waals surface area contributed by atoms with E-state index in [1.165, 1.54) is 44.9 Å². The zero-order valence-corrected chi connectivity index (χ0v) is 10.4. The second-order valence-corrected chi connectivity index (χ2v) is 5.00. The highest BCUT2D eigenvalue weighted by Gasteiger charge is 2.16. The minimum atomic E-state index is 0.395. The first kappa shape index (κ1) is 13.0. The Hall–Kier alpha value is -0.0800. The van der Waals surface area contributed by atoms with Crippen LogP contribution in [-0.2, 0) is 4.74 Å². The third-order valence-electron chi connectivity index (χ3n) is 3.56. The van der Waals surface area contributed by atoms with E-state index in [0.29, 0.717) is 18.1 Å². The zero-order chi connectivity index (χ0) is 11.1. The molecule has 1 heterocycles. The Balaban J connectivity index is 2.02. The molecule has 1 aliphatic heterocycles. The molecule has 2 heteroatoms. The highest BCUT2D eigenvalue weighted by molar-refractivity contribution is 4.71. The van der Waals surface area contributed by atoms with Crippen molar-refractivity contribution >= 4 is 0 Å². The molecule has 3 atom stereocenters. The van der Waals surface area contributed by atoms with Crippen molar-refractivity contribution in [1.29, 1.82) is 0 Å². The maximum absolute atomic E-state index is 6.15. The number of rotatable bonds is 7. The summed E-state index contributed by atoms with van der Waals surface area (Å²) in [4.78, 5) is 0. The quantitative estimate of drug-likeness (QED) is 0.705. The lowest BCUT2D eigenvalue weighted by Gasteiger charge is -2.19. The van der Waals surface area contributed by atoms with Crippen LogP contribution in [0.5, 0.6) is 0 Å². The molecule has 15 heavy (non-hydrogen) atoms. The Labute approximate surface area is 94.6 Å². The van der Waals surface area contributed by atoms with Gasteiger partial charge in [-0.1, -0.05) is 20.3 Å². The topological polar surface area (TPSA) is 35.2 Å². The first-order valence-corrected chi connectivity index (χ1v) is 6.61. The van der Waals surface area contributed by atoms with Crippen molar-refractivity contribution in [3.05, 3.63) is 0 Å². The lowest BCUT2D eigenvalue weighted by Crippen LogP contribution is -2.28. The van der Waals surface area contributed by atoms with E-state index in [4.69, 9.17) is 10.5 Å². The van der Waals surface area contributed by atoms with Crippen molar-refractivity contribution < 1.29 is 4.74 Å². The van der Waals surface area contributed by atoms with Gasteiger partial charge >= 0.3 is 0 Å². The van der Waals surface area contributed by atoms with Crippen LogP contribution in [0.25, 0.3) is 0 Å². The summed E-state index contributed by atoms with van der Waals surface area (Å²) >= 11 is 0. The molecule has 2 N–H and O–H groups in total. The van der Waals surface area contributed by atoms with Crippen LogP contribution in [0.15, 0.2) is 0 Å². The molecule has 0 aromatic carbocycles. The van der Waals surface area contributed by atoms with Crippen LogP contribution in [0.2, 0.25) is 0 Å². The molecule has 0 aromatic rings. The minimum Gasteiger partial charge on any atom is -0.378 e. The molecule has 0 spiro atoms. The van der Waals surface area contributed by atoms with Gasteiger partial charge in [0.2, 0.25) is 0 Å². The Kier molecular flexibility index (Phi) is 6.26. The normalized spacial score (nSPS) is 25.4. The van der Waals surface area contributed by atoms with Gasteiger partial charge in [-0.15, -0.1) is 0 Å². The van der Waals surface area contributed by atoms with Crippen LogP contribution in [0.3, 0.4) is 0 Å². The summed E-state index contributed by atoms with van der Waals surface area (Å²) in [6, 6.07) is 0.395. The van der Waals surface area contributed by atoms with Crippen LogP contribution in [-0.4, -0.2) is 18.8 Å². The lowest BCUT2D eigenvalue weighted by atomic mass is 9.93. The average molecular weight is 213 g/mol. The van der Waals surface area contributed by atoms with Crippen molar-refractivity contribution in [2.24, 2.45) is 11.7 Å². The highest BCUT2D eigenvalue weighted by Crippen LogP contribution is 2.20. The van der Waals surface area contributed by atoms with Gasteiger partial charge in [-0.2, -0.15) is 0 Å². The molecular formula is C13H27NO. The maximum Gasteiger partial charge on any atom is 0.0576 e. The third kappa shape index (κ3) is 4.98. The minimum absolute atomic E-state index is 0.395. The Morgan fingerprint density at radius 2 is 2.20 bits per heavy atom. The first-order chi connectivity index (χ1) is 7.24. The SMILES string of the molecule is CCCC(C)C(N)CCCC1CCCO1. The third-order valence-corrected chi connectivity index (χ3v) is 3.56. The van der Waals surface area contributed by atoms with E-state index in [1.807, 2.05) is 0 Å². The number of nitrogens with two attached hydrogens (primary N) is 1. The second-order valence-electron chi connectivity index (χ2n) is 5.00. The van der Waals surface area contributed by atoms with E-state index >= 15 is 0 Å². The zero-order valence-electron chi connectivity index (χ0n) is 10.4. The van der Waals surface area contributed by atoms with Crippen molar-refractivity contribution in [2.45, 2.75) is 70.9 Å². The Morgan fingerprint density at radius 3 is 2.80 bits per heavy atom. The fourth-order valence-corrected chi connectivity index (χ4v) is 2.41. The van der Waals surface area contributed by atoms with Crippen molar-refractivity contribution in [1.82, 2.24) is 0 Å². The number of ether oxygens (including phenoxy) is 1. The van der Waals surface area contributed by atoms with Gasteiger partial charge < -0.3 is 10.5 Å². The predicted octanol–water partition coefficient (Wildman–Crippen LogP) is 3.10. The van der Waals surface area contributed by atoms with Gasteiger partial charge in [0.25, 0.3) is 0 Å². The van der Waals surface area contributed by atoms with Gasteiger partial charge in [-0.3, -0.25) is 0 Å².